The van der Waals surface area contributed by atoms with Gasteiger partial charge in [0.05, 0.1) is 6.61 Å². The summed E-state index contributed by atoms with van der Waals surface area (Å²) in [5.74, 6) is 1.89. The maximum atomic E-state index is 6.05. The summed E-state index contributed by atoms with van der Waals surface area (Å²) in [7, 11) is 0. The van der Waals surface area contributed by atoms with Crippen LogP contribution in [0.4, 0.5) is 0 Å². The fraction of sp³-hybridized carbons (Fsp3) is 0.667. The lowest BCUT2D eigenvalue weighted by Crippen LogP contribution is -2.30. The summed E-state index contributed by atoms with van der Waals surface area (Å²) in [5, 5.41) is 0. The highest BCUT2D eigenvalue weighted by Gasteiger charge is 2.27. The van der Waals surface area contributed by atoms with Crippen molar-refractivity contribution in [1.82, 2.24) is 0 Å². The van der Waals surface area contributed by atoms with Gasteiger partial charge in [0.2, 0.25) is 0 Å². The molecule has 0 saturated carbocycles. The first-order valence-corrected chi connectivity index (χ1v) is 8.65. The molecule has 0 bridgehead atoms. The lowest BCUT2D eigenvalue weighted by Gasteiger charge is -2.31. The van der Waals surface area contributed by atoms with Crippen LogP contribution in [0, 0.1) is 5.41 Å². The van der Waals surface area contributed by atoms with Gasteiger partial charge < -0.3 is 4.74 Å². The van der Waals surface area contributed by atoms with E-state index in [2.05, 4.69) is 57.7 Å². The molecule has 1 nitrogen and oxygen atoms in total. The van der Waals surface area contributed by atoms with Crippen LogP contribution in [0.2, 0.25) is 0 Å². The van der Waals surface area contributed by atoms with Crippen molar-refractivity contribution in [2.75, 3.05) is 12.4 Å². The van der Waals surface area contributed by atoms with Gasteiger partial charge in [-0.15, -0.1) is 0 Å². The summed E-state index contributed by atoms with van der Waals surface area (Å²) >= 11 is 4.58. The predicted molar refractivity (Wildman–Crippen MR) is 92.0 cm³/mol. The van der Waals surface area contributed by atoms with Crippen molar-refractivity contribution >= 4 is 12.6 Å². The molecule has 2 heteroatoms. The minimum absolute atomic E-state index is 0.231. The van der Waals surface area contributed by atoms with Crippen molar-refractivity contribution in [3.05, 3.63) is 29.8 Å². The van der Waals surface area contributed by atoms with Crippen molar-refractivity contribution in [1.29, 1.82) is 0 Å². The molecule has 1 rings (SSSR count). The van der Waals surface area contributed by atoms with E-state index < -0.39 is 0 Å². The molecule has 0 amide bonds. The summed E-state index contributed by atoms with van der Waals surface area (Å²) in [5.41, 5.74) is 1.62. The molecule has 1 aromatic carbocycles. The second-order valence-electron chi connectivity index (χ2n) is 5.84. The number of thiol groups is 1. The monoisotopic (exact) mass is 294 g/mol. The Hall–Kier alpha value is -0.630. The van der Waals surface area contributed by atoms with E-state index in [1.165, 1.54) is 37.7 Å². The number of rotatable bonds is 10. The second kappa shape index (κ2) is 9.33. The quantitative estimate of drug-likeness (QED) is 0.558. The number of ether oxygens (including phenoxy) is 1. The lowest BCUT2D eigenvalue weighted by molar-refractivity contribution is 0.143. The van der Waals surface area contributed by atoms with Gasteiger partial charge in [-0.1, -0.05) is 52.2 Å². The zero-order valence-electron chi connectivity index (χ0n) is 13.3. The zero-order valence-corrected chi connectivity index (χ0v) is 14.2. The molecule has 0 aromatic heterocycles. The molecular formula is C18H30OS. The molecule has 0 atom stereocenters. The van der Waals surface area contributed by atoms with E-state index in [0.29, 0.717) is 0 Å². The standard InChI is InChI=1S/C18H30OS/c1-4-7-16-8-10-17(11-9-16)19-14-18(15-20,12-5-2)13-6-3/h8-11,20H,4-7,12-15H2,1-3H3. The van der Waals surface area contributed by atoms with Gasteiger partial charge in [0, 0.05) is 5.41 Å². The normalized spacial score (nSPS) is 11.6. The van der Waals surface area contributed by atoms with Crippen molar-refractivity contribution in [2.24, 2.45) is 5.41 Å². The number of aryl methyl sites for hydroxylation is 1. The van der Waals surface area contributed by atoms with Gasteiger partial charge in [0.15, 0.2) is 0 Å². The van der Waals surface area contributed by atoms with E-state index >= 15 is 0 Å². The van der Waals surface area contributed by atoms with E-state index in [0.717, 1.165) is 24.5 Å². The summed E-state index contributed by atoms with van der Waals surface area (Å²) in [4.78, 5) is 0. The fourth-order valence-corrected chi connectivity index (χ4v) is 3.22. The van der Waals surface area contributed by atoms with E-state index in [1.807, 2.05) is 0 Å². The molecule has 0 spiro atoms. The average molecular weight is 295 g/mol. The Bertz CT molecular complexity index is 352. The second-order valence-corrected chi connectivity index (χ2v) is 6.16. The average Bonchev–Trinajstić information content (AvgIpc) is 2.47. The SMILES string of the molecule is CCCc1ccc(OCC(CS)(CCC)CCC)cc1. The summed E-state index contributed by atoms with van der Waals surface area (Å²) in [6.07, 6.45) is 7.11. The van der Waals surface area contributed by atoms with Crippen LogP contribution in [0.5, 0.6) is 5.75 Å². The summed E-state index contributed by atoms with van der Waals surface area (Å²) < 4.78 is 6.05. The van der Waals surface area contributed by atoms with Gasteiger partial charge in [-0.25, -0.2) is 0 Å². The molecule has 0 radical (unpaired) electrons. The number of hydrogen-bond acceptors (Lipinski definition) is 2. The van der Waals surface area contributed by atoms with Crippen molar-refractivity contribution in [2.45, 2.75) is 59.3 Å². The van der Waals surface area contributed by atoms with E-state index in [4.69, 9.17) is 4.74 Å². The molecule has 0 aliphatic carbocycles. The molecule has 0 saturated heterocycles. The van der Waals surface area contributed by atoms with Gasteiger partial charge >= 0.3 is 0 Å². The van der Waals surface area contributed by atoms with Gasteiger partial charge in [-0.2, -0.15) is 12.6 Å². The van der Waals surface area contributed by atoms with Gasteiger partial charge in [-0.05, 0) is 42.7 Å². The van der Waals surface area contributed by atoms with Crippen LogP contribution in [0.3, 0.4) is 0 Å². The summed E-state index contributed by atoms with van der Waals surface area (Å²) in [6, 6.07) is 8.57. The number of hydrogen-bond donors (Lipinski definition) is 1. The Morgan fingerprint density at radius 1 is 0.950 bits per heavy atom. The van der Waals surface area contributed by atoms with Crippen molar-refractivity contribution in [3.63, 3.8) is 0 Å². The van der Waals surface area contributed by atoms with Gasteiger partial charge in [0.1, 0.15) is 5.75 Å². The minimum atomic E-state index is 0.231. The van der Waals surface area contributed by atoms with Crippen LogP contribution in [0.15, 0.2) is 24.3 Å². The molecule has 0 aliphatic rings. The topological polar surface area (TPSA) is 9.23 Å². The maximum Gasteiger partial charge on any atom is 0.119 e. The first kappa shape index (κ1) is 17.4. The first-order chi connectivity index (χ1) is 9.69. The smallest absolute Gasteiger partial charge is 0.119 e. The molecular weight excluding hydrogens is 264 g/mol. The minimum Gasteiger partial charge on any atom is -0.493 e. The molecule has 0 fully saturated rings. The lowest BCUT2D eigenvalue weighted by atomic mass is 9.82. The van der Waals surface area contributed by atoms with Gasteiger partial charge in [0.25, 0.3) is 0 Å². The van der Waals surface area contributed by atoms with Crippen LogP contribution in [-0.4, -0.2) is 12.4 Å². The largest absolute Gasteiger partial charge is 0.493 e. The molecule has 0 heterocycles. The third kappa shape index (κ3) is 5.40. The Labute approximate surface area is 130 Å². The number of benzene rings is 1. The van der Waals surface area contributed by atoms with Crippen LogP contribution in [0.25, 0.3) is 0 Å². The Morgan fingerprint density at radius 2 is 1.55 bits per heavy atom. The summed E-state index contributed by atoms with van der Waals surface area (Å²) in [6.45, 7) is 7.48. The molecule has 20 heavy (non-hydrogen) atoms. The van der Waals surface area contributed by atoms with E-state index in [-0.39, 0.29) is 5.41 Å². The van der Waals surface area contributed by atoms with E-state index in [1.54, 1.807) is 0 Å². The Morgan fingerprint density at radius 3 is 2.00 bits per heavy atom. The maximum absolute atomic E-state index is 6.05. The first-order valence-electron chi connectivity index (χ1n) is 8.02. The molecule has 0 N–H and O–H groups in total. The molecule has 0 unspecified atom stereocenters. The van der Waals surface area contributed by atoms with Crippen LogP contribution in [0.1, 0.15) is 58.4 Å². The van der Waals surface area contributed by atoms with Crippen molar-refractivity contribution < 1.29 is 4.74 Å². The highest BCUT2D eigenvalue weighted by Crippen LogP contribution is 2.32. The van der Waals surface area contributed by atoms with Gasteiger partial charge in [-0.3, -0.25) is 0 Å². The fourth-order valence-electron chi connectivity index (χ4n) is 2.81. The Balaban J connectivity index is 2.61. The molecule has 1 aromatic rings. The predicted octanol–water partition coefficient (Wildman–Crippen LogP) is 5.53. The third-order valence-corrected chi connectivity index (χ3v) is 4.57. The van der Waals surface area contributed by atoms with E-state index in [9.17, 15) is 0 Å². The van der Waals surface area contributed by atoms with Crippen LogP contribution >= 0.6 is 12.6 Å². The highest BCUT2D eigenvalue weighted by molar-refractivity contribution is 7.80. The molecule has 114 valence electrons. The molecule has 0 aliphatic heterocycles. The Kier molecular flexibility index (Phi) is 8.13. The zero-order chi connectivity index (χ0) is 14.8. The van der Waals surface area contributed by atoms with Crippen molar-refractivity contribution in [3.8, 4) is 5.75 Å². The van der Waals surface area contributed by atoms with Crippen LogP contribution < -0.4 is 4.74 Å². The third-order valence-electron chi connectivity index (χ3n) is 3.90. The van der Waals surface area contributed by atoms with Crippen LogP contribution in [-0.2, 0) is 6.42 Å². The highest BCUT2D eigenvalue weighted by atomic mass is 32.1.